The Bertz CT molecular complexity index is 2520. The molecule has 0 bridgehead atoms. The maximum Gasteiger partial charge on any atom is 0.416 e. The van der Waals surface area contributed by atoms with Crippen molar-refractivity contribution in [3.8, 4) is 23.0 Å². The van der Waals surface area contributed by atoms with Gasteiger partial charge in [-0.2, -0.15) is 26.3 Å². The first-order valence-electron chi connectivity index (χ1n) is 20.0. The number of carbonyl (C=O) groups is 3. The zero-order valence-corrected chi connectivity index (χ0v) is 35.2. The highest BCUT2D eigenvalue weighted by Gasteiger charge is 2.31. The minimum absolute atomic E-state index is 0.135. The van der Waals surface area contributed by atoms with Gasteiger partial charge in [0.2, 0.25) is 0 Å². The van der Waals surface area contributed by atoms with Crippen LogP contribution < -0.4 is 20.1 Å². The maximum atomic E-state index is 12.8. The number of fused-ring (bicyclic) bond motifs is 2. The van der Waals surface area contributed by atoms with E-state index in [0.717, 1.165) is 53.3 Å². The number of unbranched alkanes of at least 4 members (excludes halogenated alkanes) is 1. The molecule has 0 spiro atoms. The Morgan fingerprint density at radius 2 is 1.02 bits per heavy atom. The highest BCUT2D eigenvalue weighted by atomic mass is 19.4. The lowest BCUT2D eigenvalue weighted by atomic mass is 10.1. The van der Waals surface area contributed by atoms with Gasteiger partial charge in [-0.05, 0) is 135 Å². The van der Waals surface area contributed by atoms with Crippen LogP contribution in [-0.4, -0.2) is 55.1 Å². The van der Waals surface area contributed by atoms with Crippen molar-refractivity contribution in [2.24, 2.45) is 0 Å². The van der Waals surface area contributed by atoms with Gasteiger partial charge >= 0.3 is 18.4 Å². The highest BCUT2D eigenvalue weighted by Crippen LogP contribution is 2.35. The van der Waals surface area contributed by atoms with Crippen molar-refractivity contribution in [1.82, 2.24) is 15.5 Å². The van der Waals surface area contributed by atoms with Crippen LogP contribution in [0.15, 0.2) is 121 Å². The number of alkyl halides is 6. The van der Waals surface area contributed by atoms with E-state index in [9.17, 15) is 40.7 Å². The largest absolute Gasteiger partial charge is 0.457 e. The third-order valence-electron chi connectivity index (χ3n) is 9.28. The van der Waals surface area contributed by atoms with Gasteiger partial charge in [0.1, 0.15) is 28.6 Å². The molecule has 0 aliphatic carbocycles. The summed E-state index contributed by atoms with van der Waals surface area (Å²) in [5, 5.41) is 8.66. The molecule has 0 unspecified atom stereocenters. The minimum atomic E-state index is -4.42. The molecule has 2 N–H and O–H groups in total. The lowest BCUT2D eigenvalue weighted by Gasteiger charge is -2.24. The van der Waals surface area contributed by atoms with E-state index in [1.165, 1.54) is 29.2 Å². The fraction of sp³-hybridized carbons (Fsp3) is 0.271. The van der Waals surface area contributed by atoms with Crippen LogP contribution in [0.25, 0.3) is 21.5 Å². The zero-order chi connectivity index (χ0) is 46.0. The predicted octanol–water partition coefficient (Wildman–Crippen LogP) is 12.4. The SMILES string of the molecule is CCCCNC(=O)c1ccc2c(Oc3ccc(C(F)(F)F)cc3)cccc2c1.CN(CCNC(=O)c1ccc2c(Oc3ccc(C(F)(F)F)cc3)cccc2c1)C(=O)OC(C)(C)C. The van der Waals surface area contributed by atoms with Crippen molar-refractivity contribution >= 4 is 39.5 Å². The van der Waals surface area contributed by atoms with Crippen molar-refractivity contribution in [3.05, 3.63) is 144 Å². The lowest BCUT2D eigenvalue weighted by molar-refractivity contribution is -0.138. The molecule has 15 heteroatoms. The number of likely N-dealkylation sites (N-methyl/N-ethyl adjacent to an activating group) is 1. The number of nitrogens with one attached hydrogen (secondary N) is 2. The van der Waals surface area contributed by atoms with Crippen LogP contribution in [0.5, 0.6) is 23.0 Å². The van der Waals surface area contributed by atoms with E-state index >= 15 is 0 Å². The number of hydrogen-bond donors (Lipinski definition) is 2. The minimum Gasteiger partial charge on any atom is -0.457 e. The number of benzene rings is 6. The Hall–Kier alpha value is -6.77. The second-order valence-electron chi connectivity index (χ2n) is 15.4. The Kier molecular flexibility index (Phi) is 15.3. The molecule has 0 aliphatic rings. The Labute approximate surface area is 360 Å². The molecule has 9 nitrogen and oxygen atoms in total. The van der Waals surface area contributed by atoms with E-state index < -0.39 is 35.2 Å². The fourth-order valence-corrected chi connectivity index (χ4v) is 6.00. The Balaban J connectivity index is 0.000000243. The van der Waals surface area contributed by atoms with Gasteiger partial charge in [-0.15, -0.1) is 0 Å². The van der Waals surface area contributed by atoms with E-state index in [2.05, 4.69) is 17.6 Å². The van der Waals surface area contributed by atoms with Crippen LogP contribution in [0.4, 0.5) is 31.1 Å². The summed E-state index contributed by atoms with van der Waals surface area (Å²) >= 11 is 0. The Morgan fingerprint density at radius 1 is 0.587 bits per heavy atom. The summed E-state index contributed by atoms with van der Waals surface area (Å²) in [6.45, 7) is 8.54. The normalized spacial score (nSPS) is 11.6. The van der Waals surface area contributed by atoms with Crippen LogP contribution in [0.1, 0.15) is 72.4 Å². The maximum absolute atomic E-state index is 12.8. The van der Waals surface area contributed by atoms with Crippen LogP contribution in [-0.2, 0) is 17.1 Å². The summed E-state index contributed by atoms with van der Waals surface area (Å²) in [7, 11) is 1.59. The van der Waals surface area contributed by atoms with E-state index in [1.807, 2.05) is 12.1 Å². The second kappa shape index (κ2) is 20.4. The summed E-state index contributed by atoms with van der Waals surface area (Å²) in [4.78, 5) is 38.2. The van der Waals surface area contributed by atoms with Crippen molar-refractivity contribution < 1.29 is 54.9 Å². The number of halogens is 6. The standard InChI is InChI=1S/C26H27F3N2O4.C22H20F3NO2/c1-25(2,3)35-24(33)31(4)15-14-30-23(32)18-8-13-21-17(16-18)6-5-7-22(21)34-20-11-9-19(10-12-20)26(27,28)29;1-2-3-13-26-21(27)16-7-12-19-15(14-16)5-4-6-20(19)28-18-10-8-17(9-11-18)22(23,24)25/h5-13,16H,14-15H2,1-4H3,(H,30,32);4-12,14H,2-3,13H2,1H3,(H,26,27). The molecular weight excluding hydrogens is 829 g/mol. The lowest BCUT2D eigenvalue weighted by Crippen LogP contribution is -2.39. The molecule has 6 rings (SSSR count). The molecule has 0 aromatic heterocycles. The summed E-state index contributed by atoms with van der Waals surface area (Å²) in [6.07, 6.45) is -7.35. The average molecular weight is 876 g/mol. The van der Waals surface area contributed by atoms with Gasteiger partial charge in [-0.25, -0.2) is 4.79 Å². The zero-order valence-electron chi connectivity index (χ0n) is 35.2. The van der Waals surface area contributed by atoms with E-state index in [4.69, 9.17) is 14.2 Å². The summed E-state index contributed by atoms with van der Waals surface area (Å²) in [6, 6.07) is 29.9. The quantitative estimate of drug-likeness (QED) is 0.0937. The van der Waals surface area contributed by atoms with E-state index in [1.54, 1.807) is 88.5 Å². The molecule has 0 fully saturated rings. The third kappa shape index (κ3) is 13.6. The van der Waals surface area contributed by atoms with Gasteiger partial charge in [0.05, 0.1) is 11.1 Å². The first-order valence-corrected chi connectivity index (χ1v) is 20.0. The van der Waals surface area contributed by atoms with Gasteiger partial charge in [0.15, 0.2) is 0 Å². The molecule has 0 aliphatic heterocycles. The average Bonchev–Trinajstić information content (AvgIpc) is 3.23. The smallest absolute Gasteiger partial charge is 0.416 e. The van der Waals surface area contributed by atoms with Crippen molar-refractivity contribution in [3.63, 3.8) is 0 Å². The van der Waals surface area contributed by atoms with Crippen molar-refractivity contribution in [2.45, 2.75) is 58.5 Å². The van der Waals surface area contributed by atoms with Crippen LogP contribution in [0.3, 0.4) is 0 Å². The van der Waals surface area contributed by atoms with Gasteiger partial charge in [0, 0.05) is 48.6 Å². The summed E-state index contributed by atoms with van der Waals surface area (Å²) in [5.74, 6) is 1.09. The molecule has 6 aromatic rings. The van der Waals surface area contributed by atoms with Crippen molar-refractivity contribution in [1.29, 1.82) is 0 Å². The first-order chi connectivity index (χ1) is 29.7. The summed E-state index contributed by atoms with van der Waals surface area (Å²) < 4.78 is 93.2. The molecule has 63 heavy (non-hydrogen) atoms. The van der Waals surface area contributed by atoms with Crippen molar-refractivity contribution in [2.75, 3.05) is 26.7 Å². The number of amides is 3. The highest BCUT2D eigenvalue weighted by molar-refractivity contribution is 6.01. The molecular formula is C48H47F6N3O6. The summed E-state index contributed by atoms with van der Waals surface area (Å²) in [5.41, 5.74) is -1.11. The molecule has 3 amide bonds. The molecule has 0 saturated carbocycles. The number of rotatable bonds is 12. The molecule has 0 saturated heterocycles. The van der Waals surface area contributed by atoms with Crippen LogP contribution >= 0.6 is 0 Å². The van der Waals surface area contributed by atoms with Gasteiger partial charge in [-0.3, -0.25) is 9.59 Å². The number of ether oxygens (including phenoxy) is 3. The Morgan fingerprint density at radius 3 is 1.41 bits per heavy atom. The van der Waals surface area contributed by atoms with Gasteiger partial charge < -0.3 is 29.7 Å². The van der Waals surface area contributed by atoms with E-state index in [-0.39, 0.29) is 30.7 Å². The molecule has 0 radical (unpaired) electrons. The fourth-order valence-electron chi connectivity index (χ4n) is 6.00. The topological polar surface area (TPSA) is 106 Å². The third-order valence-corrected chi connectivity index (χ3v) is 9.28. The molecule has 0 heterocycles. The number of nitrogens with zero attached hydrogens (tertiary/aromatic N) is 1. The van der Waals surface area contributed by atoms with E-state index in [0.29, 0.717) is 40.3 Å². The number of hydrogen-bond acceptors (Lipinski definition) is 6. The predicted molar refractivity (Wildman–Crippen MR) is 229 cm³/mol. The van der Waals surface area contributed by atoms with Gasteiger partial charge in [0.25, 0.3) is 11.8 Å². The van der Waals surface area contributed by atoms with Crippen LogP contribution in [0, 0.1) is 0 Å². The molecule has 0 atom stereocenters. The number of carbonyl (C=O) groups excluding carboxylic acids is 3. The van der Waals surface area contributed by atoms with Crippen LogP contribution in [0.2, 0.25) is 0 Å². The first kappa shape index (κ1) is 47.3. The monoisotopic (exact) mass is 875 g/mol. The molecule has 6 aromatic carbocycles. The second-order valence-corrected chi connectivity index (χ2v) is 15.4. The molecule has 332 valence electrons. The van der Waals surface area contributed by atoms with Gasteiger partial charge in [-0.1, -0.05) is 37.6 Å².